The average Bonchev–Trinajstić information content (AvgIpc) is 2.81. The van der Waals surface area contributed by atoms with Gasteiger partial charge in [-0.25, -0.2) is 5.43 Å². The number of carbonyl (C=O) groups excluding carboxylic acids is 1. The maximum Gasteiger partial charge on any atom is 0.416 e. The van der Waals surface area contributed by atoms with Crippen LogP contribution in [0.5, 0.6) is 5.75 Å². The highest BCUT2D eigenvalue weighted by Crippen LogP contribution is 2.35. The molecule has 11 heteroatoms. The number of ether oxygens (including phenoxy) is 1. The number of carbonyl (C=O) groups is 1. The number of nitrogens with zero attached hydrogens (tertiary/aromatic N) is 1. The molecule has 2 aromatic carbocycles. The number of anilines is 1. The van der Waals surface area contributed by atoms with E-state index in [9.17, 15) is 23.1 Å². The monoisotopic (exact) mass is 512 g/mol. The Balaban J connectivity index is 1.44. The molecule has 0 radical (unpaired) electrons. The molecule has 7 nitrogen and oxygen atoms in total. The van der Waals surface area contributed by atoms with Gasteiger partial charge >= 0.3 is 6.18 Å². The van der Waals surface area contributed by atoms with E-state index in [2.05, 4.69) is 21.2 Å². The SMILES string of the molecule is CC(C)(CNc1ccc(C2=NNC(=O)CC2)cc1)NC[C@H](O)COc1cc(C(F)(F)F)ccc1Cl. The number of hydrazone groups is 1. The highest BCUT2D eigenvalue weighted by atomic mass is 35.5. The van der Waals surface area contributed by atoms with Crippen LogP contribution in [0.2, 0.25) is 5.02 Å². The number of benzene rings is 2. The Morgan fingerprint density at radius 2 is 1.89 bits per heavy atom. The Hall–Kier alpha value is -2.82. The number of halogens is 4. The number of hydrogen-bond donors (Lipinski definition) is 4. The van der Waals surface area contributed by atoms with E-state index in [4.69, 9.17) is 16.3 Å². The molecule has 0 aromatic heterocycles. The molecule has 190 valence electrons. The van der Waals surface area contributed by atoms with Crippen molar-refractivity contribution in [2.45, 2.75) is 44.5 Å². The van der Waals surface area contributed by atoms with Crippen LogP contribution in [0.25, 0.3) is 0 Å². The van der Waals surface area contributed by atoms with Crippen LogP contribution in [-0.2, 0) is 11.0 Å². The van der Waals surface area contributed by atoms with Gasteiger partial charge in [-0.3, -0.25) is 4.79 Å². The van der Waals surface area contributed by atoms with Gasteiger partial charge in [-0.05, 0) is 49.7 Å². The first-order chi connectivity index (χ1) is 16.4. The van der Waals surface area contributed by atoms with E-state index in [0.717, 1.165) is 35.2 Å². The number of rotatable bonds is 10. The van der Waals surface area contributed by atoms with Crippen molar-refractivity contribution < 1.29 is 27.8 Å². The molecular weight excluding hydrogens is 485 g/mol. The first kappa shape index (κ1) is 26.8. The number of aliphatic hydroxyl groups excluding tert-OH is 1. The average molecular weight is 513 g/mol. The van der Waals surface area contributed by atoms with Gasteiger partial charge < -0.3 is 20.5 Å². The van der Waals surface area contributed by atoms with Gasteiger partial charge in [0.1, 0.15) is 18.5 Å². The van der Waals surface area contributed by atoms with Gasteiger partial charge in [0.25, 0.3) is 0 Å². The summed E-state index contributed by atoms with van der Waals surface area (Å²) >= 11 is 5.92. The molecule has 0 saturated carbocycles. The summed E-state index contributed by atoms with van der Waals surface area (Å²) in [6, 6.07) is 10.5. The second-order valence-electron chi connectivity index (χ2n) is 8.90. The Labute approximate surface area is 206 Å². The molecule has 3 rings (SSSR count). The van der Waals surface area contributed by atoms with Crippen molar-refractivity contribution >= 4 is 28.9 Å². The molecular formula is C24H28ClF3N4O3. The van der Waals surface area contributed by atoms with Gasteiger partial charge in [-0.1, -0.05) is 23.7 Å². The van der Waals surface area contributed by atoms with E-state index in [1.54, 1.807) is 0 Å². The van der Waals surface area contributed by atoms with Crippen molar-refractivity contribution in [2.75, 3.05) is 25.0 Å². The molecule has 1 amide bonds. The lowest BCUT2D eigenvalue weighted by Crippen LogP contribution is -2.49. The molecule has 4 N–H and O–H groups in total. The number of alkyl halides is 3. The second kappa shape index (κ2) is 11.3. The molecule has 1 aliphatic heterocycles. The van der Waals surface area contributed by atoms with Crippen LogP contribution in [-0.4, -0.2) is 48.1 Å². The highest BCUT2D eigenvalue weighted by Gasteiger charge is 2.31. The van der Waals surface area contributed by atoms with E-state index in [1.165, 1.54) is 0 Å². The fraction of sp³-hybridized carbons (Fsp3) is 0.417. The lowest BCUT2D eigenvalue weighted by molar-refractivity contribution is -0.137. The number of β-amino-alcohol motifs (C(OH)–C–C–N with tert-alkyl or cyclic N) is 1. The van der Waals surface area contributed by atoms with Crippen molar-refractivity contribution in [3.05, 3.63) is 58.6 Å². The number of hydrogen-bond acceptors (Lipinski definition) is 6. The Morgan fingerprint density at radius 1 is 1.17 bits per heavy atom. The molecule has 0 spiro atoms. The quantitative estimate of drug-likeness (QED) is 0.383. The molecule has 0 unspecified atom stereocenters. The normalized spacial score (nSPS) is 15.3. The summed E-state index contributed by atoms with van der Waals surface area (Å²) in [6.07, 6.45) is -4.46. The Kier molecular flexibility index (Phi) is 8.63. The Bertz CT molecular complexity index is 1060. The summed E-state index contributed by atoms with van der Waals surface area (Å²) < 4.78 is 44.0. The van der Waals surface area contributed by atoms with Crippen LogP contribution in [0.4, 0.5) is 18.9 Å². The van der Waals surface area contributed by atoms with Gasteiger partial charge in [0.05, 0.1) is 16.3 Å². The van der Waals surface area contributed by atoms with Crippen molar-refractivity contribution in [1.29, 1.82) is 0 Å². The van der Waals surface area contributed by atoms with Crippen LogP contribution in [0.1, 0.15) is 37.8 Å². The van der Waals surface area contributed by atoms with Gasteiger partial charge in [-0.2, -0.15) is 18.3 Å². The third kappa shape index (κ3) is 8.12. The zero-order valence-electron chi connectivity index (χ0n) is 19.4. The smallest absolute Gasteiger partial charge is 0.416 e. The van der Waals surface area contributed by atoms with E-state index in [-0.39, 0.29) is 29.8 Å². The Morgan fingerprint density at radius 3 is 2.51 bits per heavy atom. The van der Waals surface area contributed by atoms with E-state index in [1.807, 2.05) is 38.1 Å². The molecule has 0 fully saturated rings. The van der Waals surface area contributed by atoms with E-state index < -0.39 is 23.4 Å². The van der Waals surface area contributed by atoms with Crippen LogP contribution >= 0.6 is 11.6 Å². The predicted molar refractivity (Wildman–Crippen MR) is 129 cm³/mol. The highest BCUT2D eigenvalue weighted by molar-refractivity contribution is 6.32. The fourth-order valence-corrected chi connectivity index (χ4v) is 3.45. The fourth-order valence-electron chi connectivity index (χ4n) is 3.28. The lowest BCUT2D eigenvalue weighted by atomic mass is 10.0. The number of nitrogens with one attached hydrogen (secondary N) is 3. The van der Waals surface area contributed by atoms with Gasteiger partial charge in [-0.15, -0.1) is 0 Å². The van der Waals surface area contributed by atoms with Crippen molar-refractivity contribution in [3.8, 4) is 5.75 Å². The summed E-state index contributed by atoms with van der Waals surface area (Å²) in [7, 11) is 0. The van der Waals surface area contributed by atoms with Gasteiger partial charge in [0, 0.05) is 37.2 Å². The molecule has 1 heterocycles. The minimum atomic E-state index is -4.51. The molecule has 0 bridgehead atoms. The minimum absolute atomic E-state index is 0.0361. The maximum absolute atomic E-state index is 12.9. The van der Waals surface area contributed by atoms with Gasteiger partial charge in [0.2, 0.25) is 5.91 Å². The number of amides is 1. The zero-order valence-corrected chi connectivity index (χ0v) is 20.1. The van der Waals surface area contributed by atoms with Crippen LogP contribution in [0, 0.1) is 0 Å². The van der Waals surface area contributed by atoms with Gasteiger partial charge in [0.15, 0.2) is 0 Å². The first-order valence-electron chi connectivity index (χ1n) is 11.1. The van der Waals surface area contributed by atoms with E-state index >= 15 is 0 Å². The maximum atomic E-state index is 12.9. The summed E-state index contributed by atoms with van der Waals surface area (Å²) in [4.78, 5) is 11.2. The molecule has 2 aromatic rings. The van der Waals surface area contributed by atoms with Crippen molar-refractivity contribution in [2.24, 2.45) is 5.10 Å². The van der Waals surface area contributed by atoms with E-state index in [0.29, 0.717) is 19.4 Å². The zero-order chi connectivity index (χ0) is 25.6. The number of aliphatic hydroxyl groups is 1. The molecule has 0 aliphatic carbocycles. The molecule has 0 saturated heterocycles. The second-order valence-corrected chi connectivity index (χ2v) is 9.30. The summed E-state index contributed by atoms with van der Waals surface area (Å²) in [6.45, 7) is 4.38. The molecule has 1 atom stereocenters. The largest absolute Gasteiger partial charge is 0.489 e. The predicted octanol–water partition coefficient (Wildman–Crippen LogP) is 4.19. The topological polar surface area (TPSA) is 95.0 Å². The van der Waals surface area contributed by atoms with Crippen LogP contribution < -0.4 is 20.8 Å². The van der Waals surface area contributed by atoms with Crippen molar-refractivity contribution in [3.63, 3.8) is 0 Å². The first-order valence-corrected chi connectivity index (χ1v) is 11.4. The van der Waals surface area contributed by atoms with Crippen LogP contribution in [0.3, 0.4) is 0 Å². The summed E-state index contributed by atoms with van der Waals surface area (Å²) in [5.74, 6) is -0.218. The standard InChI is InChI=1S/C24H28ClF3N4O3/c1-23(2,14-29-17-6-3-15(4-7-17)20-9-10-22(34)32-31-20)30-12-18(33)13-35-21-11-16(24(26,27)28)5-8-19(21)25/h3-8,11,18,29-30,33H,9-10,12-14H2,1-2H3,(H,32,34)/t18-/m0/s1. The van der Waals surface area contributed by atoms with Crippen LogP contribution in [0.15, 0.2) is 47.6 Å². The third-order valence-electron chi connectivity index (χ3n) is 5.36. The third-order valence-corrected chi connectivity index (χ3v) is 5.68. The summed E-state index contributed by atoms with van der Waals surface area (Å²) in [5, 5.41) is 20.9. The minimum Gasteiger partial charge on any atom is -0.489 e. The summed E-state index contributed by atoms with van der Waals surface area (Å²) in [5.41, 5.74) is 3.87. The lowest BCUT2D eigenvalue weighted by Gasteiger charge is -2.28. The molecule has 35 heavy (non-hydrogen) atoms. The van der Waals surface area contributed by atoms with Crippen molar-refractivity contribution in [1.82, 2.24) is 10.7 Å². The molecule has 1 aliphatic rings.